The molecule has 4 aliphatic heterocycles. The zero-order chi connectivity index (χ0) is 26.2. The summed E-state index contributed by atoms with van der Waals surface area (Å²) >= 11 is 0.961. The molecule has 0 saturated carbocycles. The van der Waals surface area contributed by atoms with Crippen LogP contribution in [-0.2, 0) is 21.5 Å². The first kappa shape index (κ1) is 26.3. The minimum Gasteiger partial charge on any atom is -0.450 e. The van der Waals surface area contributed by atoms with Gasteiger partial charge in [0.25, 0.3) is 5.91 Å². The molecule has 4 heterocycles. The highest BCUT2D eigenvalue weighted by atomic mass is 32.2. The minimum atomic E-state index is -0.138. The Hall–Kier alpha value is -2.36. The Kier molecular flexibility index (Phi) is 7.65. The minimum absolute atomic E-state index is 0.0587. The molecule has 0 radical (unpaired) electrons. The number of nitrogens with two attached hydrogens (primary N) is 1. The highest BCUT2D eigenvalue weighted by Crippen LogP contribution is 2.45. The van der Waals surface area contributed by atoms with Crippen molar-refractivity contribution in [3.63, 3.8) is 0 Å². The second-order valence-electron chi connectivity index (χ2n) is 10.9. The van der Waals surface area contributed by atoms with E-state index in [0.29, 0.717) is 48.4 Å². The lowest BCUT2D eigenvalue weighted by molar-refractivity contribution is -0.129. The Labute approximate surface area is 224 Å². The zero-order valence-corrected chi connectivity index (χ0v) is 22.8. The van der Waals surface area contributed by atoms with E-state index in [9.17, 15) is 9.59 Å². The molecular weight excluding hydrogens is 486 g/mol. The lowest BCUT2D eigenvalue weighted by Gasteiger charge is -2.51. The first-order valence-electron chi connectivity index (χ1n) is 13.5. The van der Waals surface area contributed by atoms with Crippen molar-refractivity contribution in [2.24, 2.45) is 10.1 Å². The van der Waals surface area contributed by atoms with Crippen molar-refractivity contribution in [3.8, 4) is 0 Å². The Morgan fingerprint density at radius 2 is 1.84 bits per heavy atom. The van der Waals surface area contributed by atoms with Crippen LogP contribution in [0.4, 0.5) is 4.79 Å². The first-order chi connectivity index (χ1) is 17.9. The van der Waals surface area contributed by atoms with E-state index in [4.69, 9.17) is 9.88 Å². The lowest BCUT2D eigenvalue weighted by atomic mass is 9.68. The van der Waals surface area contributed by atoms with Crippen molar-refractivity contribution in [3.05, 3.63) is 46.0 Å². The van der Waals surface area contributed by atoms with E-state index in [0.717, 1.165) is 63.6 Å². The van der Waals surface area contributed by atoms with Crippen molar-refractivity contribution in [1.82, 2.24) is 14.7 Å². The number of benzene rings is 1. The molecular formula is C28H39N5O3S. The van der Waals surface area contributed by atoms with E-state index < -0.39 is 0 Å². The smallest absolute Gasteiger partial charge is 0.410 e. The van der Waals surface area contributed by atoms with Crippen LogP contribution in [0.2, 0.25) is 0 Å². The normalized spacial score (nSPS) is 27.5. The lowest BCUT2D eigenvalue weighted by Crippen LogP contribution is -2.57. The fraction of sp³-hybridized carbons (Fsp3) is 0.607. The Morgan fingerprint density at radius 1 is 1.16 bits per heavy atom. The monoisotopic (exact) mass is 525 g/mol. The molecule has 3 saturated heterocycles. The molecule has 2 N–H and O–H groups in total. The largest absolute Gasteiger partial charge is 0.450 e. The van der Waals surface area contributed by atoms with Crippen molar-refractivity contribution < 1.29 is 14.3 Å². The van der Waals surface area contributed by atoms with Crippen LogP contribution in [0.15, 0.2) is 39.9 Å². The number of ether oxygens (including phenoxy) is 1. The number of nitrogens with zero attached hydrogens (tertiary/aromatic N) is 4. The fourth-order valence-corrected chi connectivity index (χ4v) is 7.69. The van der Waals surface area contributed by atoms with Crippen molar-refractivity contribution >= 4 is 30.7 Å². The predicted octanol–water partition coefficient (Wildman–Crippen LogP) is 4.05. The molecule has 1 spiro atoms. The summed E-state index contributed by atoms with van der Waals surface area (Å²) in [5.41, 5.74) is 3.12. The Morgan fingerprint density at radius 3 is 2.46 bits per heavy atom. The van der Waals surface area contributed by atoms with Gasteiger partial charge in [0.1, 0.15) is 4.91 Å². The van der Waals surface area contributed by atoms with Crippen LogP contribution < -0.4 is 5.14 Å². The van der Waals surface area contributed by atoms with Gasteiger partial charge in [-0.05, 0) is 95.3 Å². The first-order valence-corrected chi connectivity index (χ1v) is 14.4. The van der Waals surface area contributed by atoms with Gasteiger partial charge in [0, 0.05) is 36.6 Å². The average molecular weight is 526 g/mol. The second-order valence-corrected chi connectivity index (χ2v) is 11.6. The van der Waals surface area contributed by atoms with Crippen LogP contribution >= 0.6 is 11.9 Å². The Bertz CT molecular complexity index is 1070. The maximum atomic E-state index is 13.5. The third-order valence-corrected chi connectivity index (χ3v) is 9.77. The van der Waals surface area contributed by atoms with E-state index in [1.54, 1.807) is 6.92 Å². The Balaban J connectivity index is 1.31. The molecule has 2 amide bonds. The van der Waals surface area contributed by atoms with Crippen LogP contribution in [0.1, 0.15) is 63.5 Å². The molecule has 0 aromatic heterocycles. The summed E-state index contributed by atoms with van der Waals surface area (Å²) in [4.78, 5) is 37.1. The number of fused-ring (bicyclic) bond motifs is 4. The number of carbonyl (C=O) groups is 2. The van der Waals surface area contributed by atoms with Crippen molar-refractivity contribution in [2.45, 2.75) is 82.5 Å². The van der Waals surface area contributed by atoms with Gasteiger partial charge in [-0.3, -0.25) is 14.9 Å². The molecule has 8 nitrogen and oxygen atoms in total. The number of hydrogen-bond acceptors (Lipinski definition) is 7. The number of amides is 2. The van der Waals surface area contributed by atoms with E-state index >= 15 is 0 Å². The maximum absolute atomic E-state index is 13.5. The highest BCUT2D eigenvalue weighted by molar-refractivity contribution is 8.01. The van der Waals surface area contributed by atoms with Gasteiger partial charge in [0.15, 0.2) is 0 Å². The third kappa shape index (κ3) is 4.81. The summed E-state index contributed by atoms with van der Waals surface area (Å²) in [5.74, 6) is -0.0587. The van der Waals surface area contributed by atoms with Gasteiger partial charge in [-0.2, -0.15) is 0 Å². The molecule has 2 unspecified atom stereocenters. The summed E-state index contributed by atoms with van der Waals surface area (Å²) < 4.78 is 5.35. The number of likely N-dealkylation sites (tertiary alicyclic amines) is 1. The van der Waals surface area contributed by atoms with Gasteiger partial charge in [0.2, 0.25) is 0 Å². The number of rotatable bonds is 5. The van der Waals surface area contributed by atoms with Crippen LogP contribution in [0, 0.1) is 0 Å². The molecule has 0 aliphatic carbocycles. The summed E-state index contributed by atoms with van der Waals surface area (Å²) in [6.07, 6.45) is 6.09. The van der Waals surface area contributed by atoms with Gasteiger partial charge in [-0.15, -0.1) is 0 Å². The SMILES string of the molecule is C=N/C(C)=C(\SN)C(=O)N1Cc2ccccc2C2(CCN(C3CC4CCC(C3)N4C(=O)OCC)CC2)C1. The number of piperidine rings is 2. The molecule has 9 heteroatoms. The number of allylic oxidation sites excluding steroid dienone is 1. The number of hydrogen-bond donors (Lipinski definition) is 1. The van der Waals surface area contributed by atoms with Gasteiger partial charge >= 0.3 is 6.09 Å². The van der Waals surface area contributed by atoms with E-state index in [1.165, 1.54) is 11.1 Å². The van der Waals surface area contributed by atoms with Gasteiger partial charge in [-0.25, -0.2) is 4.79 Å². The summed E-state index contributed by atoms with van der Waals surface area (Å²) in [6, 6.07) is 9.69. The molecule has 4 aliphatic rings. The molecule has 1 aromatic carbocycles. The van der Waals surface area contributed by atoms with Gasteiger partial charge in [-0.1, -0.05) is 24.3 Å². The topological polar surface area (TPSA) is 91.5 Å². The van der Waals surface area contributed by atoms with Gasteiger partial charge in [0.05, 0.1) is 12.3 Å². The third-order valence-electron chi connectivity index (χ3n) is 9.07. The second kappa shape index (κ2) is 10.8. The molecule has 37 heavy (non-hydrogen) atoms. The van der Waals surface area contributed by atoms with Gasteiger partial charge < -0.3 is 19.4 Å². The molecule has 2 atom stereocenters. The quantitative estimate of drug-likeness (QED) is 0.354. The fourth-order valence-electron chi connectivity index (χ4n) is 7.22. The summed E-state index contributed by atoms with van der Waals surface area (Å²) in [6.45, 7) is 11.0. The standard InChI is InChI=1S/C28H39N5O3S/c1-4-36-27(35)33-21-9-10-22(33)16-23(15-21)31-13-11-28(12-14-31)18-32(17-20-7-5-6-8-24(20)28)26(34)25(37-29)19(2)30-3/h5-8,21-23H,3-4,9-18,29H2,1-2H3/b25-19-. The average Bonchev–Trinajstić information content (AvgIpc) is 3.18. The molecule has 5 rings (SSSR count). The van der Waals surface area contributed by atoms with Crippen LogP contribution in [0.3, 0.4) is 0 Å². The number of aliphatic imine (C=N–C) groups is 1. The van der Waals surface area contributed by atoms with E-state index in [2.05, 4.69) is 40.9 Å². The summed E-state index contributed by atoms with van der Waals surface area (Å²) in [5, 5.41) is 5.88. The molecule has 200 valence electrons. The maximum Gasteiger partial charge on any atom is 0.410 e. The molecule has 2 bridgehead atoms. The predicted molar refractivity (Wildman–Crippen MR) is 147 cm³/mol. The van der Waals surface area contributed by atoms with Crippen molar-refractivity contribution in [2.75, 3.05) is 26.2 Å². The van der Waals surface area contributed by atoms with Crippen LogP contribution in [0.25, 0.3) is 0 Å². The highest BCUT2D eigenvalue weighted by Gasteiger charge is 2.48. The van der Waals surface area contributed by atoms with Crippen LogP contribution in [-0.4, -0.2) is 77.8 Å². The zero-order valence-electron chi connectivity index (χ0n) is 22.0. The summed E-state index contributed by atoms with van der Waals surface area (Å²) in [7, 11) is 0. The molecule has 1 aromatic rings. The number of carbonyl (C=O) groups excluding carboxylic acids is 2. The van der Waals surface area contributed by atoms with Crippen molar-refractivity contribution in [1.29, 1.82) is 0 Å². The van der Waals surface area contributed by atoms with E-state index in [1.807, 2.05) is 16.7 Å². The van der Waals surface area contributed by atoms with Crippen LogP contribution in [0.5, 0.6) is 0 Å². The van der Waals surface area contributed by atoms with E-state index in [-0.39, 0.29) is 17.4 Å². The molecule has 3 fully saturated rings.